The molecular weight excluding hydrogens is 667 g/mol. The first-order valence-corrected chi connectivity index (χ1v) is 18.0. The van der Waals surface area contributed by atoms with Crippen molar-refractivity contribution >= 4 is 57.7 Å². The van der Waals surface area contributed by atoms with Crippen molar-refractivity contribution in [3.8, 4) is 0 Å². The van der Waals surface area contributed by atoms with Crippen LogP contribution in [0, 0.1) is 0 Å². The van der Waals surface area contributed by atoms with Crippen molar-refractivity contribution in [3.63, 3.8) is 0 Å². The maximum Gasteiger partial charge on any atom is 0.325 e. The fraction of sp³-hybridized carbons (Fsp3) is 0.371. The Kier molecular flexibility index (Phi) is 10.3. The smallest absolute Gasteiger partial charge is 0.325 e. The first kappa shape index (κ1) is 36.1. The van der Waals surface area contributed by atoms with Gasteiger partial charge in [0.25, 0.3) is 0 Å². The molecule has 1 atom stereocenters. The van der Waals surface area contributed by atoms with Crippen molar-refractivity contribution in [3.05, 3.63) is 94.4 Å². The lowest BCUT2D eigenvalue weighted by Gasteiger charge is -2.31. The molecule has 0 spiro atoms. The van der Waals surface area contributed by atoms with E-state index < -0.39 is 44.6 Å². The zero-order valence-electron chi connectivity index (χ0n) is 28.0. The lowest BCUT2D eigenvalue weighted by molar-refractivity contribution is -0.401. The zero-order valence-corrected chi connectivity index (χ0v) is 29.8. The van der Waals surface area contributed by atoms with E-state index >= 15 is 0 Å². The molecule has 0 radical (unpaired) electrons. The standard InChI is InChI=1S/C35H41N5O7S2/c1-34(2)23-12-6-8-14-25(23)37-28(34)18-21-31(22(32(21)42)19-29-35(3,4)24-13-7-9-15-27(24)40(29)5)38-26(20-49(44,45)46)33(43)36-17-11-10-16-30(41)47-39-48/h6-9,12-15,18-19,26,39,48H,10-11,16-17,20H2,1-5H3,(H3,36,38,42,43,44,45,46). The maximum absolute atomic E-state index is 14.0. The minimum atomic E-state index is -4.88. The molecule has 2 aromatic rings. The van der Waals surface area contributed by atoms with E-state index in [9.17, 15) is 27.4 Å². The van der Waals surface area contributed by atoms with Crippen molar-refractivity contribution in [1.82, 2.24) is 15.5 Å². The fourth-order valence-corrected chi connectivity index (χ4v) is 7.36. The number of thiol groups is 1. The van der Waals surface area contributed by atoms with Crippen molar-refractivity contribution < 1.29 is 36.8 Å². The van der Waals surface area contributed by atoms with Gasteiger partial charge in [0.15, 0.2) is 11.5 Å². The molecule has 2 heterocycles. The molecule has 1 amide bonds. The number of nitrogens with one attached hydrogen (secondary N) is 4. The third-order valence-electron chi connectivity index (χ3n) is 9.35. The van der Waals surface area contributed by atoms with Gasteiger partial charge in [-0.05, 0) is 44.4 Å². The highest BCUT2D eigenvalue weighted by Gasteiger charge is 2.46. The minimum Gasteiger partial charge on any atom is -0.748 e. The van der Waals surface area contributed by atoms with Crippen LogP contribution in [0.2, 0.25) is 0 Å². The van der Waals surface area contributed by atoms with Gasteiger partial charge >= 0.3 is 5.97 Å². The third kappa shape index (κ3) is 7.37. The number of para-hydroxylation sites is 2. The molecule has 49 heavy (non-hydrogen) atoms. The molecular formula is C35H41N5O7S2. The lowest BCUT2D eigenvalue weighted by atomic mass is 9.77. The molecule has 1 aliphatic carbocycles. The highest BCUT2D eigenvalue weighted by atomic mass is 32.2. The molecule has 0 saturated heterocycles. The number of allylic oxidation sites excluding steroid dienone is 5. The van der Waals surface area contributed by atoms with E-state index in [4.69, 9.17) is 0 Å². The first-order chi connectivity index (χ1) is 23.1. The van der Waals surface area contributed by atoms with E-state index in [1.807, 2.05) is 78.9 Å². The molecule has 2 aromatic carbocycles. The third-order valence-corrected chi connectivity index (χ3v) is 10.2. The number of hydrogen-bond donors (Lipinski definition) is 5. The average Bonchev–Trinajstić information content (AvgIpc) is 3.41. The van der Waals surface area contributed by atoms with Crippen molar-refractivity contribution in [1.29, 1.82) is 0 Å². The molecule has 0 bridgehead atoms. The van der Waals surface area contributed by atoms with Crippen molar-refractivity contribution in [2.45, 2.75) is 63.8 Å². The second kappa shape index (κ2) is 13.9. The van der Waals surface area contributed by atoms with Gasteiger partial charge in [-0.3, -0.25) is 14.4 Å². The summed E-state index contributed by atoms with van der Waals surface area (Å²) in [7, 11) is -2.96. The Morgan fingerprint density at radius 2 is 1.69 bits per heavy atom. The van der Waals surface area contributed by atoms with Gasteiger partial charge < -0.3 is 25.3 Å². The van der Waals surface area contributed by atoms with Crippen LogP contribution in [0.4, 0.5) is 11.4 Å². The zero-order chi connectivity index (χ0) is 35.7. The summed E-state index contributed by atoms with van der Waals surface area (Å²) < 4.78 is 38.1. The van der Waals surface area contributed by atoms with Gasteiger partial charge in [-0.25, -0.2) is 8.42 Å². The number of nitrogens with zero attached hydrogens (tertiary/aromatic N) is 1. The Morgan fingerprint density at radius 1 is 1.02 bits per heavy atom. The number of Topliss-reactive ketones (excluding diaryl/α,β-unsaturated/α-hetero) is 1. The predicted octanol–water partition coefficient (Wildman–Crippen LogP) is 3.43. The largest absolute Gasteiger partial charge is 0.748 e. The van der Waals surface area contributed by atoms with E-state index in [-0.39, 0.29) is 35.6 Å². The topological polar surface area (TPSA) is 169 Å². The summed E-state index contributed by atoms with van der Waals surface area (Å²) in [6, 6.07) is 14.3. The van der Waals surface area contributed by atoms with Crippen molar-refractivity contribution in [2.75, 3.05) is 24.7 Å². The summed E-state index contributed by atoms with van der Waals surface area (Å²) in [6.07, 6.45) is 4.34. The number of carbonyl (C=O) groups excluding carboxylic acids is 3. The van der Waals surface area contributed by atoms with Gasteiger partial charge in [0.05, 0.1) is 32.6 Å². The lowest BCUT2D eigenvalue weighted by Crippen LogP contribution is -2.50. The van der Waals surface area contributed by atoms with E-state index in [1.54, 1.807) is 12.2 Å². The molecule has 0 aromatic heterocycles. The molecule has 0 saturated carbocycles. The van der Waals surface area contributed by atoms with Crippen LogP contribution >= 0.6 is 12.8 Å². The SMILES string of the molecule is C[N+]1=C(/C=C2\C(=O)C(/C=C3/Nc4ccccc4C3(C)C)=C2NC(CS(=O)(=O)[O-])C(=O)NCCCCC(=O)ONS)C(C)(C)c2ccccc21. The number of rotatable bonds is 13. The molecule has 3 aliphatic rings. The number of ketones is 1. The molecule has 1 unspecified atom stereocenters. The quantitative estimate of drug-likeness (QED) is 0.0520. The van der Waals surface area contributed by atoms with Crippen LogP contribution < -0.4 is 20.8 Å². The second-order valence-corrected chi connectivity index (χ2v) is 15.0. The van der Waals surface area contributed by atoms with Gasteiger partial charge in [0, 0.05) is 53.0 Å². The van der Waals surface area contributed by atoms with Gasteiger partial charge in [-0.1, -0.05) is 67.9 Å². The Labute approximate surface area is 292 Å². The van der Waals surface area contributed by atoms with Crippen LogP contribution in [0.15, 0.2) is 83.2 Å². The number of fused-ring (bicyclic) bond motifs is 2. The Morgan fingerprint density at radius 3 is 2.35 bits per heavy atom. The van der Waals surface area contributed by atoms with Gasteiger partial charge in [0.1, 0.15) is 13.1 Å². The normalized spacial score (nSPS) is 19.7. The van der Waals surface area contributed by atoms with Crippen LogP contribution in [0.3, 0.4) is 0 Å². The van der Waals surface area contributed by atoms with Crippen molar-refractivity contribution in [2.24, 2.45) is 0 Å². The predicted molar refractivity (Wildman–Crippen MR) is 188 cm³/mol. The number of amides is 1. The number of carbonyl (C=O) groups is 3. The summed E-state index contributed by atoms with van der Waals surface area (Å²) in [5, 5.41) is 9.04. The number of hydrogen-bond acceptors (Lipinski definition) is 11. The highest BCUT2D eigenvalue weighted by Crippen LogP contribution is 2.45. The summed E-state index contributed by atoms with van der Waals surface area (Å²) >= 11 is 3.60. The van der Waals surface area contributed by atoms with E-state index in [0.717, 1.165) is 33.9 Å². The summed E-state index contributed by atoms with van der Waals surface area (Å²) in [6.45, 7) is 8.29. The van der Waals surface area contributed by atoms with Gasteiger partial charge in [-0.15, -0.1) is 0 Å². The minimum absolute atomic E-state index is 0.0724. The molecule has 12 nitrogen and oxygen atoms in total. The molecule has 2 aliphatic heterocycles. The van der Waals surface area contributed by atoms with Crippen LogP contribution in [-0.4, -0.2) is 66.3 Å². The first-order valence-electron chi connectivity index (χ1n) is 15.9. The molecule has 0 fully saturated rings. The van der Waals surface area contributed by atoms with Gasteiger partial charge in [-0.2, -0.15) is 4.58 Å². The van der Waals surface area contributed by atoms with Crippen LogP contribution in [0.5, 0.6) is 0 Å². The highest BCUT2D eigenvalue weighted by molar-refractivity contribution is 7.85. The summed E-state index contributed by atoms with van der Waals surface area (Å²) in [5.41, 5.74) is 5.44. The van der Waals surface area contributed by atoms with Crippen LogP contribution in [-0.2, 0) is 40.2 Å². The van der Waals surface area contributed by atoms with E-state index in [1.165, 1.54) is 0 Å². The van der Waals surface area contributed by atoms with Crippen LogP contribution in [0.25, 0.3) is 0 Å². The Balaban J connectivity index is 1.51. The average molecular weight is 708 g/mol. The Hall–Kier alpha value is -4.24. The van der Waals surface area contributed by atoms with E-state index in [2.05, 4.69) is 47.5 Å². The second-order valence-electron chi connectivity index (χ2n) is 13.4. The monoisotopic (exact) mass is 707 g/mol. The molecule has 5 rings (SSSR count). The summed E-state index contributed by atoms with van der Waals surface area (Å²) in [4.78, 5) is 45.5. The van der Waals surface area contributed by atoms with E-state index in [0.29, 0.717) is 12.8 Å². The maximum atomic E-state index is 14.0. The number of benzene rings is 2. The Bertz CT molecular complexity index is 1940. The fourth-order valence-electron chi connectivity index (χ4n) is 6.62. The molecule has 14 heteroatoms. The van der Waals surface area contributed by atoms with Crippen LogP contribution in [0.1, 0.15) is 58.1 Å². The number of anilines is 1. The molecule has 260 valence electrons. The number of unbranched alkanes of at least 4 members (excludes halogenated alkanes) is 1. The molecule has 4 N–H and O–H groups in total. The summed E-state index contributed by atoms with van der Waals surface area (Å²) in [5.74, 6) is -2.60. The van der Waals surface area contributed by atoms with Gasteiger partial charge in [0.2, 0.25) is 11.6 Å².